The average Bonchev–Trinajstić information content (AvgIpc) is 3.53. The molecular formula is C24H24N2O3S. The molecule has 0 saturated heterocycles. The molecule has 0 atom stereocenters. The predicted molar refractivity (Wildman–Crippen MR) is 117 cm³/mol. The van der Waals surface area contributed by atoms with Crippen LogP contribution < -0.4 is 9.47 Å². The second-order valence-electron chi connectivity index (χ2n) is 7.96. The van der Waals surface area contributed by atoms with E-state index < -0.39 is 0 Å². The maximum Gasteiger partial charge on any atom is 0.273 e. The number of carbonyl (C=O) groups excluding carboxylic acids is 1. The van der Waals surface area contributed by atoms with Crippen LogP contribution >= 0.6 is 11.3 Å². The molecule has 1 fully saturated rings. The summed E-state index contributed by atoms with van der Waals surface area (Å²) in [6.07, 6.45) is 4.43. The molecule has 1 aromatic heterocycles. The first-order valence-electron chi connectivity index (χ1n) is 10.4. The Kier molecular flexibility index (Phi) is 5.17. The number of carbonyl (C=O) groups is 1. The zero-order valence-electron chi connectivity index (χ0n) is 17.0. The van der Waals surface area contributed by atoms with Crippen molar-refractivity contribution < 1.29 is 14.3 Å². The van der Waals surface area contributed by atoms with Gasteiger partial charge in [-0.25, -0.2) is 4.98 Å². The number of hydrogen-bond donors (Lipinski definition) is 0. The Morgan fingerprint density at radius 2 is 1.87 bits per heavy atom. The van der Waals surface area contributed by atoms with Crippen LogP contribution in [0.4, 0.5) is 0 Å². The van der Waals surface area contributed by atoms with Gasteiger partial charge in [0.15, 0.2) is 11.5 Å². The van der Waals surface area contributed by atoms with Gasteiger partial charge in [-0.15, -0.1) is 11.3 Å². The molecule has 1 aliphatic carbocycles. The Labute approximate surface area is 180 Å². The summed E-state index contributed by atoms with van der Waals surface area (Å²) in [6, 6.07) is 14.4. The zero-order valence-corrected chi connectivity index (χ0v) is 17.8. The third kappa shape index (κ3) is 3.79. The normalized spacial score (nSPS) is 15.5. The maximum absolute atomic E-state index is 13.5. The van der Waals surface area contributed by atoms with Gasteiger partial charge in [-0.1, -0.05) is 48.7 Å². The van der Waals surface area contributed by atoms with Gasteiger partial charge in [0.05, 0.1) is 0 Å². The van der Waals surface area contributed by atoms with Crippen molar-refractivity contribution in [2.24, 2.45) is 0 Å². The summed E-state index contributed by atoms with van der Waals surface area (Å²) in [7, 11) is 0. The monoisotopic (exact) mass is 420 g/mol. The molecule has 1 aliphatic heterocycles. The molecule has 6 heteroatoms. The second-order valence-corrected chi connectivity index (χ2v) is 8.82. The summed E-state index contributed by atoms with van der Waals surface area (Å²) < 4.78 is 10.9. The molecule has 2 aromatic carbocycles. The van der Waals surface area contributed by atoms with Gasteiger partial charge in [0.25, 0.3) is 5.91 Å². The summed E-state index contributed by atoms with van der Waals surface area (Å²) >= 11 is 1.52. The van der Waals surface area contributed by atoms with Crippen LogP contribution in [0.15, 0.2) is 47.8 Å². The molecule has 2 heterocycles. The third-order valence-electron chi connectivity index (χ3n) is 5.84. The van der Waals surface area contributed by atoms with E-state index in [2.05, 4.69) is 36.2 Å². The minimum atomic E-state index is 0.00850. The van der Waals surface area contributed by atoms with E-state index >= 15 is 0 Å². The van der Waals surface area contributed by atoms with Crippen LogP contribution in [0.25, 0.3) is 10.6 Å². The van der Waals surface area contributed by atoms with Crippen molar-refractivity contribution in [1.29, 1.82) is 0 Å². The molecule has 5 nitrogen and oxygen atoms in total. The largest absolute Gasteiger partial charge is 0.454 e. The number of benzene rings is 2. The van der Waals surface area contributed by atoms with Crippen LogP contribution in [-0.2, 0) is 6.54 Å². The Morgan fingerprint density at radius 1 is 1.10 bits per heavy atom. The van der Waals surface area contributed by atoms with Gasteiger partial charge >= 0.3 is 0 Å². The summed E-state index contributed by atoms with van der Waals surface area (Å²) in [5, 5.41) is 2.77. The molecule has 5 rings (SSSR count). The van der Waals surface area contributed by atoms with E-state index in [1.54, 1.807) is 0 Å². The van der Waals surface area contributed by atoms with Crippen molar-refractivity contribution >= 4 is 17.2 Å². The van der Waals surface area contributed by atoms with Crippen LogP contribution in [-0.4, -0.2) is 28.6 Å². The maximum atomic E-state index is 13.5. The van der Waals surface area contributed by atoms with Crippen molar-refractivity contribution in [3.63, 3.8) is 0 Å². The number of thiazole rings is 1. The van der Waals surface area contributed by atoms with E-state index in [1.165, 1.54) is 29.7 Å². The van der Waals surface area contributed by atoms with Crippen LogP contribution in [0.5, 0.6) is 11.5 Å². The van der Waals surface area contributed by atoms with Gasteiger partial charge < -0.3 is 14.4 Å². The number of rotatable bonds is 5. The Balaban J connectivity index is 1.40. The van der Waals surface area contributed by atoms with Crippen molar-refractivity contribution in [3.8, 4) is 22.1 Å². The molecule has 1 saturated carbocycles. The van der Waals surface area contributed by atoms with Gasteiger partial charge in [0.2, 0.25) is 6.79 Å². The van der Waals surface area contributed by atoms with Crippen LogP contribution in [0.3, 0.4) is 0 Å². The predicted octanol–water partition coefficient (Wildman–Crippen LogP) is 5.43. The van der Waals surface area contributed by atoms with Crippen LogP contribution in [0.1, 0.15) is 47.3 Å². The molecule has 3 aromatic rings. The van der Waals surface area contributed by atoms with Crippen molar-refractivity contribution in [1.82, 2.24) is 9.88 Å². The molecule has 0 spiro atoms. The summed E-state index contributed by atoms with van der Waals surface area (Å²) in [6.45, 7) is 2.87. The van der Waals surface area contributed by atoms with Crippen molar-refractivity contribution in [2.45, 2.75) is 45.2 Å². The van der Waals surface area contributed by atoms with Crippen molar-refractivity contribution in [2.75, 3.05) is 6.79 Å². The Hall–Kier alpha value is -2.86. The average molecular weight is 421 g/mol. The van der Waals surface area contributed by atoms with Gasteiger partial charge in [-0.2, -0.15) is 0 Å². The molecule has 0 bridgehead atoms. The van der Waals surface area contributed by atoms with E-state index in [9.17, 15) is 4.79 Å². The number of aromatic nitrogens is 1. The van der Waals surface area contributed by atoms with E-state index in [0.29, 0.717) is 12.2 Å². The van der Waals surface area contributed by atoms with Gasteiger partial charge in [0, 0.05) is 23.5 Å². The molecule has 154 valence electrons. The number of fused-ring (bicyclic) bond motifs is 1. The summed E-state index contributed by atoms with van der Waals surface area (Å²) in [5.41, 5.74) is 3.84. The van der Waals surface area contributed by atoms with Crippen LogP contribution in [0.2, 0.25) is 0 Å². The lowest BCUT2D eigenvalue weighted by Crippen LogP contribution is -2.38. The molecular weight excluding hydrogens is 396 g/mol. The highest BCUT2D eigenvalue weighted by Crippen LogP contribution is 2.34. The highest BCUT2D eigenvalue weighted by Gasteiger charge is 2.29. The SMILES string of the molecule is Cc1ccc(-c2nc(C(=O)N(Cc3ccc4c(c3)OCO4)C3CCCC3)cs2)cc1. The number of hydrogen-bond acceptors (Lipinski definition) is 5. The standard InChI is InChI=1S/C24H24N2O3S/c1-16-6-9-18(10-7-16)23-25-20(14-30-23)24(27)26(19-4-2-3-5-19)13-17-8-11-21-22(12-17)29-15-28-21/h6-12,14,19H,2-5,13,15H2,1H3. The van der Waals surface area contributed by atoms with E-state index in [1.807, 2.05) is 28.5 Å². The van der Waals surface area contributed by atoms with Crippen molar-refractivity contribution in [3.05, 3.63) is 64.7 Å². The van der Waals surface area contributed by atoms with E-state index in [4.69, 9.17) is 9.47 Å². The number of aryl methyl sites for hydroxylation is 1. The first kappa shape index (κ1) is 19.1. The number of nitrogens with zero attached hydrogens (tertiary/aromatic N) is 2. The van der Waals surface area contributed by atoms with Gasteiger partial charge in [-0.05, 0) is 37.5 Å². The highest BCUT2D eigenvalue weighted by molar-refractivity contribution is 7.13. The first-order valence-corrected chi connectivity index (χ1v) is 11.3. The molecule has 0 radical (unpaired) electrons. The van der Waals surface area contributed by atoms with Crippen LogP contribution in [0, 0.1) is 6.92 Å². The molecule has 0 N–H and O–H groups in total. The lowest BCUT2D eigenvalue weighted by molar-refractivity contribution is 0.0659. The number of ether oxygens (including phenoxy) is 2. The fourth-order valence-electron chi connectivity index (χ4n) is 4.17. The molecule has 30 heavy (non-hydrogen) atoms. The van der Waals surface area contributed by atoms with E-state index in [-0.39, 0.29) is 18.7 Å². The lowest BCUT2D eigenvalue weighted by Gasteiger charge is -2.28. The molecule has 2 aliphatic rings. The van der Waals surface area contributed by atoms with Gasteiger partial charge in [-0.3, -0.25) is 4.79 Å². The van der Waals surface area contributed by atoms with E-state index in [0.717, 1.165) is 40.5 Å². The number of amides is 1. The fraction of sp³-hybridized carbons (Fsp3) is 0.333. The minimum absolute atomic E-state index is 0.00850. The highest BCUT2D eigenvalue weighted by atomic mass is 32.1. The Bertz CT molecular complexity index is 1050. The summed E-state index contributed by atoms with van der Waals surface area (Å²) in [4.78, 5) is 20.2. The quantitative estimate of drug-likeness (QED) is 0.552. The fourth-order valence-corrected chi connectivity index (χ4v) is 4.97. The van der Waals surface area contributed by atoms with Gasteiger partial charge in [0.1, 0.15) is 10.7 Å². The smallest absolute Gasteiger partial charge is 0.273 e. The Morgan fingerprint density at radius 3 is 2.67 bits per heavy atom. The topological polar surface area (TPSA) is 51.7 Å². The zero-order chi connectivity index (χ0) is 20.5. The minimum Gasteiger partial charge on any atom is -0.454 e. The summed E-state index contributed by atoms with van der Waals surface area (Å²) in [5.74, 6) is 1.52. The molecule has 0 unspecified atom stereocenters. The second kappa shape index (κ2) is 8.11. The lowest BCUT2D eigenvalue weighted by atomic mass is 10.1. The first-order chi connectivity index (χ1) is 14.7. The third-order valence-corrected chi connectivity index (χ3v) is 6.73. The molecule has 1 amide bonds.